The van der Waals surface area contributed by atoms with Gasteiger partial charge in [0.25, 0.3) is 0 Å². The lowest BCUT2D eigenvalue weighted by atomic mass is 10.0. The number of unbranched alkanes of at least 4 members (excludes halogenated alkanes) is 5. The Morgan fingerprint density at radius 2 is 1.52 bits per heavy atom. The van der Waals surface area contributed by atoms with Gasteiger partial charge in [-0.05, 0) is 54.7 Å². The van der Waals surface area contributed by atoms with Gasteiger partial charge in [-0.2, -0.15) is 0 Å². The van der Waals surface area contributed by atoms with Gasteiger partial charge in [-0.3, -0.25) is 0 Å². The Morgan fingerprint density at radius 1 is 0.862 bits per heavy atom. The highest BCUT2D eigenvalue weighted by molar-refractivity contribution is 5.87. The topological polar surface area (TPSA) is 38.3 Å². The van der Waals surface area contributed by atoms with Gasteiger partial charge >= 0.3 is 5.97 Å². The van der Waals surface area contributed by atoms with Crippen LogP contribution in [0.2, 0.25) is 0 Å². The summed E-state index contributed by atoms with van der Waals surface area (Å²) >= 11 is 0. The summed E-state index contributed by atoms with van der Waals surface area (Å²) in [5.74, 6) is -0.311. The zero-order valence-corrected chi connectivity index (χ0v) is 18.0. The highest BCUT2D eigenvalue weighted by atomic mass is 16.5. The number of hydrogen-bond acceptors (Lipinski definition) is 3. The molecular weight excluding hydrogens is 358 g/mol. The summed E-state index contributed by atoms with van der Waals surface area (Å²) in [5, 5.41) is 3.45. The van der Waals surface area contributed by atoms with Crippen molar-refractivity contribution in [3.8, 4) is 0 Å². The van der Waals surface area contributed by atoms with Crippen LogP contribution in [-0.2, 0) is 22.5 Å². The third-order valence-electron chi connectivity index (χ3n) is 4.95. The van der Waals surface area contributed by atoms with Crippen molar-refractivity contribution in [3.05, 3.63) is 71.3 Å². The second-order valence-corrected chi connectivity index (χ2v) is 7.40. The first kappa shape index (κ1) is 22.7. The van der Waals surface area contributed by atoms with Crippen LogP contribution in [0.1, 0.15) is 69.1 Å². The van der Waals surface area contributed by atoms with Gasteiger partial charge < -0.3 is 10.1 Å². The number of hydrogen-bond donors (Lipinski definition) is 1. The third-order valence-corrected chi connectivity index (χ3v) is 4.95. The predicted octanol–water partition coefficient (Wildman–Crippen LogP) is 6.78. The number of ether oxygens (including phenoxy) is 1. The molecule has 0 unspecified atom stereocenters. The van der Waals surface area contributed by atoms with Gasteiger partial charge in [0.15, 0.2) is 0 Å². The first-order valence-electron chi connectivity index (χ1n) is 11.0. The zero-order valence-electron chi connectivity index (χ0n) is 18.0. The molecule has 29 heavy (non-hydrogen) atoms. The fraction of sp³-hybridized carbons (Fsp3) is 0.423. The second kappa shape index (κ2) is 13.6. The summed E-state index contributed by atoms with van der Waals surface area (Å²) in [6.45, 7) is 5.26. The molecule has 0 saturated carbocycles. The molecule has 3 nitrogen and oxygen atoms in total. The molecule has 0 radical (unpaired) electrons. The maximum Gasteiger partial charge on any atom is 0.330 e. The van der Waals surface area contributed by atoms with Crippen LogP contribution in [-0.4, -0.2) is 12.6 Å². The molecule has 3 heteroatoms. The molecule has 0 atom stereocenters. The van der Waals surface area contributed by atoms with Crippen molar-refractivity contribution in [2.75, 3.05) is 11.9 Å². The Balaban J connectivity index is 1.72. The Kier molecular flexibility index (Phi) is 10.7. The van der Waals surface area contributed by atoms with Gasteiger partial charge in [-0.1, -0.05) is 75.4 Å². The normalized spacial score (nSPS) is 11.0. The van der Waals surface area contributed by atoms with Crippen LogP contribution in [0.3, 0.4) is 0 Å². The monoisotopic (exact) mass is 393 g/mol. The number of benzene rings is 2. The molecule has 156 valence electrons. The summed E-state index contributed by atoms with van der Waals surface area (Å²) in [4.78, 5) is 11.4. The molecule has 0 spiro atoms. The molecular formula is C26H35NO2. The van der Waals surface area contributed by atoms with Gasteiger partial charge in [-0.25, -0.2) is 4.79 Å². The van der Waals surface area contributed by atoms with E-state index in [-0.39, 0.29) is 5.97 Å². The van der Waals surface area contributed by atoms with E-state index in [0.29, 0.717) is 6.61 Å². The predicted molar refractivity (Wildman–Crippen MR) is 123 cm³/mol. The number of esters is 1. The maximum atomic E-state index is 11.4. The van der Waals surface area contributed by atoms with E-state index in [1.165, 1.54) is 62.1 Å². The fourth-order valence-electron chi connectivity index (χ4n) is 3.20. The Hall–Kier alpha value is -2.55. The van der Waals surface area contributed by atoms with E-state index in [4.69, 9.17) is 4.74 Å². The molecule has 0 fully saturated rings. The van der Waals surface area contributed by atoms with Crippen LogP contribution >= 0.6 is 0 Å². The molecule has 2 rings (SSSR count). The van der Waals surface area contributed by atoms with E-state index in [1.54, 1.807) is 13.0 Å². The quantitative estimate of drug-likeness (QED) is 0.232. The molecule has 1 N–H and O–H groups in total. The maximum absolute atomic E-state index is 11.4. The van der Waals surface area contributed by atoms with Crippen molar-refractivity contribution in [2.45, 2.75) is 65.3 Å². The van der Waals surface area contributed by atoms with E-state index in [9.17, 15) is 4.79 Å². The lowest BCUT2D eigenvalue weighted by Crippen LogP contribution is -2.00. The van der Waals surface area contributed by atoms with E-state index < -0.39 is 0 Å². The van der Waals surface area contributed by atoms with E-state index in [2.05, 4.69) is 36.5 Å². The van der Waals surface area contributed by atoms with Crippen LogP contribution < -0.4 is 5.32 Å². The molecule has 0 aliphatic heterocycles. The number of aryl methyl sites for hydroxylation is 1. The average molecular weight is 394 g/mol. The molecule has 0 amide bonds. The molecule has 0 heterocycles. The lowest BCUT2D eigenvalue weighted by molar-refractivity contribution is -0.137. The summed E-state index contributed by atoms with van der Waals surface area (Å²) in [6.07, 6.45) is 12.5. The van der Waals surface area contributed by atoms with E-state index in [1.807, 2.05) is 24.3 Å². The summed E-state index contributed by atoms with van der Waals surface area (Å²) in [5.41, 5.74) is 4.75. The number of anilines is 1. The largest absolute Gasteiger partial charge is 0.463 e. The van der Waals surface area contributed by atoms with Crippen molar-refractivity contribution in [1.82, 2.24) is 0 Å². The Bertz CT molecular complexity index is 732. The number of carbonyl (C=O) groups is 1. The lowest BCUT2D eigenvalue weighted by Gasteiger charge is -2.08. The molecule has 0 bridgehead atoms. The molecule has 2 aromatic rings. The molecule has 0 saturated heterocycles. The first-order chi connectivity index (χ1) is 14.2. The second-order valence-electron chi connectivity index (χ2n) is 7.40. The molecule has 0 aliphatic rings. The first-order valence-corrected chi connectivity index (χ1v) is 11.0. The highest BCUT2D eigenvalue weighted by Crippen LogP contribution is 2.14. The number of carbonyl (C=O) groups excluding carboxylic acids is 1. The van der Waals surface area contributed by atoms with Crippen molar-refractivity contribution in [1.29, 1.82) is 0 Å². The van der Waals surface area contributed by atoms with Gasteiger partial charge in [-0.15, -0.1) is 0 Å². The number of rotatable bonds is 13. The van der Waals surface area contributed by atoms with Gasteiger partial charge in [0, 0.05) is 18.3 Å². The summed E-state index contributed by atoms with van der Waals surface area (Å²) in [6, 6.07) is 17.0. The SMILES string of the molecule is CCCCCCCCc1ccc(CNc2ccc(/C=C/C(=O)OCC)cc2)cc1. The minimum absolute atomic E-state index is 0.311. The van der Waals surface area contributed by atoms with Crippen LogP contribution in [0.4, 0.5) is 5.69 Å². The van der Waals surface area contributed by atoms with E-state index in [0.717, 1.165) is 17.8 Å². The highest BCUT2D eigenvalue weighted by Gasteiger charge is 1.98. The van der Waals surface area contributed by atoms with Crippen molar-refractivity contribution >= 4 is 17.7 Å². The molecule has 2 aromatic carbocycles. The number of nitrogens with one attached hydrogen (secondary N) is 1. The van der Waals surface area contributed by atoms with Gasteiger partial charge in [0.1, 0.15) is 0 Å². The van der Waals surface area contributed by atoms with Crippen molar-refractivity contribution < 1.29 is 9.53 Å². The van der Waals surface area contributed by atoms with Crippen LogP contribution in [0.15, 0.2) is 54.6 Å². The van der Waals surface area contributed by atoms with Crippen LogP contribution in [0.25, 0.3) is 6.08 Å². The standard InChI is InChI=1S/C26H35NO2/c1-3-5-6-7-8-9-10-22-11-13-24(14-12-22)21-27-25-18-15-23(16-19-25)17-20-26(28)29-4-2/h11-20,27H,3-10,21H2,1-2H3/b20-17+. The average Bonchev–Trinajstić information content (AvgIpc) is 2.75. The molecule has 0 aliphatic carbocycles. The fourth-order valence-corrected chi connectivity index (χ4v) is 3.20. The Labute approximate surface area is 176 Å². The summed E-state index contributed by atoms with van der Waals surface area (Å²) in [7, 11) is 0. The smallest absolute Gasteiger partial charge is 0.330 e. The van der Waals surface area contributed by atoms with Crippen molar-refractivity contribution in [3.63, 3.8) is 0 Å². The van der Waals surface area contributed by atoms with Crippen LogP contribution in [0, 0.1) is 0 Å². The molecule has 0 aromatic heterocycles. The third kappa shape index (κ3) is 9.47. The minimum Gasteiger partial charge on any atom is -0.463 e. The Morgan fingerprint density at radius 3 is 2.21 bits per heavy atom. The zero-order chi connectivity index (χ0) is 20.7. The van der Waals surface area contributed by atoms with Crippen LogP contribution in [0.5, 0.6) is 0 Å². The van der Waals surface area contributed by atoms with Gasteiger partial charge in [0.2, 0.25) is 0 Å². The summed E-state index contributed by atoms with van der Waals surface area (Å²) < 4.78 is 4.89. The van der Waals surface area contributed by atoms with Crippen molar-refractivity contribution in [2.24, 2.45) is 0 Å². The van der Waals surface area contributed by atoms with Gasteiger partial charge in [0.05, 0.1) is 6.61 Å². The minimum atomic E-state index is -0.311. The van der Waals surface area contributed by atoms with E-state index >= 15 is 0 Å².